The SMILES string of the molecule is CCCOc1cccc(/C=C(/C#N)C(=O)Nc2ccccc2C)c1. The number of anilines is 1. The second-order valence-electron chi connectivity index (χ2n) is 5.36. The minimum Gasteiger partial charge on any atom is -0.494 e. The summed E-state index contributed by atoms with van der Waals surface area (Å²) in [5.41, 5.74) is 2.44. The maximum absolute atomic E-state index is 12.3. The first kappa shape index (κ1) is 17.3. The minimum absolute atomic E-state index is 0.0471. The lowest BCUT2D eigenvalue weighted by Crippen LogP contribution is -2.14. The van der Waals surface area contributed by atoms with Crippen molar-refractivity contribution >= 4 is 17.7 Å². The maximum atomic E-state index is 12.3. The molecule has 4 heteroatoms. The summed E-state index contributed by atoms with van der Waals surface area (Å²) >= 11 is 0. The van der Waals surface area contributed by atoms with Gasteiger partial charge in [-0.15, -0.1) is 0 Å². The van der Waals surface area contributed by atoms with Crippen molar-refractivity contribution in [2.75, 3.05) is 11.9 Å². The summed E-state index contributed by atoms with van der Waals surface area (Å²) in [6.07, 6.45) is 2.48. The van der Waals surface area contributed by atoms with Gasteiger partial charge >= 0.3 is 0 Å². The molecule has 0 fully saturated rings. The molecule has 0 saturated carbocycles. The van der Waals surface area contributed by atoms with Crippen LogP contribution in [0, 0.1) is 18.3 Å². The molecule has 0 aliphatic carbocycles. The predicted molar refractivity (Wildman–Crippen MR) is 95.6 cm³/mol. The molecule has 0 saturated heterocycles. The summed E-state index contributed by atoms with van der Waals surface area (Å²) < 4.78 is 5.57. The van der Waals surface area contributed by atoms with Crippen molar-refractivity contribution in [2.24, 2.45) is 0 Å². The fourth-order valence-corrected chi connectivity index (χ4v) is 2.13. The van der Waals surface area contributed by atoms with Gasteiger partial charge < -0.3 is 10.1 Å². The number of amides is 1. The van der Waals surface area contributed by atoms with Gasteiger partial charge in [-0.1, -0.05) is 37.3 Å². The van der Waals surface area contributed by atoms with Crippen LogP contribution < -0.4 is 10.1 Å². The lowest BCUT2D eigenvalue weighted by atomic mass is 10.1. The normalized spacial score (nSPS) is 10.8. The first-order valence-electron chi connectivity index (χ1n) is 7.85. The molecule has 0 aliphatic heterocycles. The number of ether oxygens (including phenoxy) is 1. The summed E-state index contributed by atoms with van der Waals surface area (Å²) in [7, 11) is 0. The topological polar surface area (TPSA) is 62.1 Å². The average Bonchev–Trinajstić information content (AvgIpc) is 2.60. The van der Waals surface area contributed by atoms with E-state index in [2.05, 4.69) is 5.32 Å². The highest BCUT2D eigenvalue weighted by molar-refractivity contribution is 6.09. The Morgan fingerprint density at radius 3 is 2.75 bits per heavy atom. The van der Waals surface area contributed by atoms with Gasteiger partial charge in [0, 0.05) is 5.69 Å². The van der Waals surface area contributed by atoms with Crippen LogP contribution in [0.5, 0.6) is 5.75 Å². The van der Waals surface area contributed by atoms with E-state index in [9.17, 15) is 10.1 Å². The Labute approximate surface area is 142 Å². The molecular formula is C20H20N2O2. The van der Waals surface area contributed by atoms with Gasteiger partial charge in [0.1, 0.15) is 17.4 Å². The number of benzene rings is 2. The molecule has 0 radical (unpaired) electrons. The molecule has 24 heavy (non-hydrogen) atoms. The lowest BCUT2D eigenvalue weighted by Gasteiger charge is -2.08. The van der Waals surface area contributed by atoms with Crippen LogP contribution in [-0.2, 0) is 4.79 Å². The molecule has 0 aliphatic rings. The van der Waals surface area contributed by atoms with E-state index in [1.165, 1.54) is 0 Å². The van der Waals surface area contributed by atoms with Crippen molar-refractivity contribution in [3.8, 4) is 11.8 Å². The Morgan fingerprint density at radius 1 is 1.25 bits per heavy atom. The van der Waals surface area contributed by atoms with Gasteiger partial charge in [-0.3, -0.25) is 4.79 Å². The molecule has 2 rings (SSSR count). The van der Waals surface area contributed by atoms with Crippen LogP contribution in [0.2, 0.25) is 0 Å². The van der Waals surface area contributed by atoms with Crippen LogP contribution in [0.3, 0.4) is 0 Å². The Balaban J connectivity index is 2.18. The average molecular weight is 320 g/mol. The Hall–Kier alpha value is -3.06. The first-order valence-corrected chi connectivity index (χ1v) is 7.85. The molecule has 122 valence electrons. The second kappa shape index (κ2) is 8.54. The summed E-state index contributed by atoms with van der Waals surface area (Å²) in [6.45, 7) is 4.57. The quantitative estimate of drug-likeness (QED) is 0.636. The van der Waals surface area contributed by atoms with Crippen LogP contribution in [0.25, 0.3) is 6.08 Å². The van der Waals surface area contributed by atoms with Crippen molar-refractivity contribution in [1.29, 1.82) is 5.26 Å². The van der Waals surface area contributed by atoms with E-state index in [1.807, 2.05) is 62.4 Å². The largest absolute Gasteiger partial charge is 0.494 e. The van der Waals surface area contributed by atoms with Crippen molar-refractivity contribution in [3.05, 3.63) is 65.2 Å². The number of nitrogens with one attached hydrogen (secondary N) is 1. The smallest absolute Gasteiger partial charge is 0.266 e. The third-order valence-electron chi connectivity index (χ3n) is 3.40. The van der Waals surface area contributed by atoms with E-state index in [-0.39, 0.29) is 5.57 Å². The number of hydrogen-bond acceptors (Lipinski definition) is 3. The van der Waals surface area contributed by atoms with E-state index in [0.29, 0.717) is 12.3 Å². The first-order chi connectivity index (χ1) is 11.6. The summed E-state index contributed by atoms with van der Waals surface area (Å²) in [5.74, 6) is 0.300. The molecule has 1 amide bonds. The number of rotatable bonds is 6. The van der Waals surface area contributed by atoms with Gasteiger partial charge in [0.05, 0.1) is 6.61 Å². The number of aryl methyl sites for hydroxylation is 1. The fraction of sp³-hybridized carbons (Fsp3) is 0.200. The highest BCUT2D eigenvalue weighted by atomic mass is 16.5. The Bertz CT molecular complexity index is 788. The number of hydrogen-bond donors (Lipinski definition) is 1. The lowest BCUT2D eigenvalue weighted by molar-refractivity contribution is -0.112. The molecule has 0 heterocycles. The zero-order valence-electron chi connectivity index (χ0n) is 13.9. The number of nitrogens with zero attached hydrogens (tertiary/aromatic N) is 1. The van der Waals surface area contributed by atoms with Gasteiger partial charge in [-0.2, -0.15) is 5.26 Å². The van der Waals surface area contributed by atoms with E-state index >= 15 is 0 Å². The van der Waals surface area contributed by atoms with Crippen LogP contribution in [-0.4, -0.2) is 12.5 Å². The maximum Gasteiger partial charge on any atom is 0.266 e. The van der Waals surface area contributed by atoms with E-state index in [1.54, 1.807) is 12.1 Å². The second-order valence-corrected chi connectivity index (χ2v) is 5.36. The standard InChI is InChI=1S/C20H20N2O2/c1-3-11-24-18-9-6-8-16(13-18)12-17(14-21)20(23)22-19-10-5-4-7-15(19)2/h4-10,12-13H,3,11H2,1-2H3,(H,22,23)/b17-12-. The molecular weight excluding hydrogens is 300 g/mol. The zero-order chi connectivity index (χ0) is 17.4. The third-order valence-corrected chi connectivity index (χ3v) is 3.40. The van der Waals surface area contributed by atoms with Gasteiger partial charge in [0.25, 0.3) is 5.91 Å². The van der Waals surface area contributed by atoms with Gasteiger partial charge in [0.2, 0.25) is 0 Å². The Kier molecular flexibility index (Phi) is 6.16. The molecule has 2 aromatic rings. The van der Waals surface area contributed by atoms with Crippen molar-refractivity contribution < 1.29 is 9.53 Å². The molecule has 0 unspecified atom stereocenters. The van der Waals surface area contributed by atoms with E-state index in [4.69, 9.17) is 4.74 Å². The summed E-state index contributed by atoms with van der Waals surface area (Å²) in [4.78, 5) is 12.3. The monoisotopic (exact) mass is 320 g/mol. The third kappa shape index (κ3) is 4.72. The minimum atomic E-state index is -0.424. The molecule has 0 bridgehead atoms. The molecule has 0 aromatic heterocycles. The van der Waals surface area contributed by atoms with Crippen LogP contribution in [0.1, 0.15) is 24.5 Å². The van der Waals surface area contributed by atoms with Crippen LogP contribution in [0.15, 0.2) is 54.1 Å². The van der Waals surface area contributed by atoms with Gasteiger partial charge in [-0.05, 0) is 48.7 Å². The van der Waals surface area contributed by atoms with Crippen molar-refractivity contribution in [1.82, 2.24) is 0 Å². The van der Waals surface area contributed by atoms with Crippen LogP contribution in [0.4, 0.5) is 5.69 Å². The van der Waals surface area contributed by atoms with E-state index in [0.717, 1.165) is 23.3 Å². The summed E-state index contributed by atoms with van der Waals surface area (Å²) in [5, 5.41) is 12.1. The van der Waals surface area contributed by atoms with E-state index < -0.39 is 5.91 Å². The molecule has 1 N–H and O–H groups in total. The zero-order valence-corrected chi connectivity index (χ0v) is 13.9. The Morgan fingerprint density at radius 2 is 2.04 bits per heavy atom. The number of carbonyl (C=O) groups is 1. The number of carbonyl (C=O) groups excluding carboxylic acids is 1. The highest BCUT2D eigenvalue weighted by Gasteiger charge is 2.10. The van der Waals surface area contributed by atoms with Gasteiger partial charge in [-0.25, -0.2) is 0 Å². The fourth-order valence-electron chi connectivity index (χ4n) is 2.13. The van der Waals surface area contributed by atoms with Crippen molar-refractivity contribution in [2.45, 2.75) is 20.3 Å². The molecule has 4 nitrogen and oxygen atoms in total. The predicted octanol–water partition coefficient (Wildman–Crippen LogP) is 4.33. The number of nitriles is 1. The molecule has 2 aromatic carbocycles. The number of para-hydroxylation sites is 1. The summed E-state index contributed by atoms with van der Waals surface area (Å²) in [6, 6.07) is 16.7. The molecule has 0 spiro atoms. The van der Waals surface area contributed by atoms with Crippen LogP contribution >= 0.6 is 0 Å². The highest BCUT2D eigenvalue weighted by Crippen LogP contribution is 2.18. The van der Waals surface area contributed by atoms with Crippen molar-refractivity contribution in [3.63, 3.8) is 0 Å². The van der Waals surface area contributed by atoms with Gasteiger partial charge in [0.15, 0.2) is 0 Å². The molecule has 0 atom stereocenters.